The summed E-state index contributed by atoms with van der Waals surface area (Å²) in [4.78, 5) is 0. The fourth-order valence-electron chi connectivity index (χ4n) is 2.41. The summed E-state index contributed by atoms with van der Waals surface area (Å²) in [6.07, 6.45) is 1.86. The Hall–Kier alpha value is -1.68. The van der Waals surface area contributed by atoms with Gasteiger partial charge in [-0.2, -0.15) is 5.10 Å². The molecule has 1 aromatic heterocycles. The molecule has 1 atom stereocenters. The molecular weight excluding hydrogens is 253 g/mol. The lowest BCUT2D eigenvalue weighted by molar-refractivity contribution is 0.508. The maximum Gasteiger partial charge on any atom is 0.123 e. The number of nitrogens with zero attached hydrogens (tertiary/aromatic N) is 2. The lowest BCUT2D eigenvalue weighted by Gasteiger charge is -2.19. The molecule has 1 heterocycles. The molecule has 0 saturated carbocycles. The van der Waals surface area contributed by atoms with Crippen LogP contribution in [0.2, 0.25) is 0 Å². The number of halogens is 1. The molecule has 2 rings (SSSR count). The maximum atomic E-state index is 13.4. The Labute approximate surface area is 119 Å². The minimum absolute atomic E-state index is 0.112. The Balaban J connectivity index is 2.21. The molecule has 0 amide bonds. The molecule has 0 saturated heterocycles. The van der Waals surface area contributed by atoms with Crippen molar-refractivity contribution in [1.29, 1.82) is 0 Å². The number of nitrogens with one attached hydrogen (secondary N) is 1. The van der Waals surface area contributed by atoms with Crippen LogP contribution in [0.3, 0.4) is 0 Å². The Morgan fingerprint density at radius 1 is 1.35 bits per heavy atom. The lowest BCUT2D eigenvalue weighted by Crippen LogP contribution is -2.25. The van der Waals surface area contributed by atoms with Crippen molar-refractivity contribution in [2.75, 3.05) is 6.54 Å². The highest BCUT2D eigenvalue weighted by Crippen LogP contribution is 2.19. The first kappa shape index (κ1) is 14.7. The summed E-state index contributed by atoms with van der Waals surface area (Å²) in [5.74, 6) is -0.188. The molecule has 1 unspecified atom stereocenters. The Bertz CT molecular complexity index is 563. The smallest absolute Gasteiger partial charge is 0.123 e. The lowest BCUT2D eigenvalue weighted by atomic mass is 10.0. The van der Waals surface area contributed by atoms with Crippen LogP contribution < -0.4 is 5.32 Å². The van der Waals surface area contributed by atoms with Crippen LogP contribution in [-0.4, -0.2) is 16.3 Å². The minimum Gasteiger partial charge on any atom is -0.310 e. The van der Waals surface area contributed by atoms with Crippen molar-refractivity contribution >= 4 is 0 Å². The highest BCUT2D eigenvalue weighted by Gasteiger charge is 2.14. The largest absolute Gasteiger partial charge is 0.310 e. The number of hydrogen-bond acceptors (Lipinski definition) is 2. The van der Waals surface area contributed by atoms with Crippen LogP contribution in [0.25, 0.3) is 0 Å². The zero-order valence-corrected chi connectivity index (χ0v) is 12.4. The fourth-order valence-corrected chi connectivity index (χ4v) is 2.41. The summed E-state index contributed by atoms with van der Waals surface area (Å²) in [7, 11) is 1.95. The molecule has 0 spiro atoms. The summed E-state index contributed by atoms with van der Waals surface area (Å²) in [5, 5.41) is 7.86. The van der Waals surface area contributed by atoms with Crippen molar-refractivity contribution in [3.05, 3.63) is 53.1 Å². The highest BCUT2D eigenvalue weighted by atomic mass is 19.1. The molecule has 2 aromatic rings. The molecule has 108 valence electrons. The van der Waals surface area contributed by atoms with E-state index in [9.17, 15) is 4.39 Å². The van der Waals surface area contributed by atoms with Crippen LogP contribution in [0, 0.1) is 12.7 Å². The molecule has 1 aromatic carbocycles. The second-order valence-electron chi connectivity index (χ2n) is 5.17. The fraction of sp³-hybridized carbons (Fsp3) is 0.438. The van der Waals surface area contributed by atoms with Crippen LogP contribution >= 0.6 is 0 Å². The summed E-state index contributed by atoms with van der Waals surface area (Å²) in [5.41, 5.74) is 3.15. The van der Waals surface area contributed by atoms with Crippen LogP contribution in [0.15, 0.2) is 30.3 Å². The first-order valence-corrected chi connectivity index (χ1v) is 7.08. The predicted octanol–water partition coefficient (Wildman–Crippen LogP) is 3.15. The topological polar surface area (TPSA) is 29.9 Å². The SMILES string of the molecule is CCCNC(Cc1cc(C)nn1C)c1cccc(F)c1. The van der Waals surface area contributed by atoms with E-state index in [1.54, 1.807) is 12.1 Å². The van der Waals surface area contributed by atoms with Gasteiger partial charge in [-0.1, -0.05) is 19.1 Å². The molecule has 0 bridgehead atoms. The van der Waals surface area contributed by atoms with Gasteiger partial charge in [0.15, 0.2) is 0 Å². The van der Waals surface area contributed by atoms with E-state index in [1.807, 2.05) is 24.7 Å². The van der Waals surface area contributed by atoms with Gasteiger partial charge in [-0.3, -0.25) is 4.68 Å². The number of benzene rings is 1. The van der Waals surface area contributed by atoms with Gasteiger partial charge in [0.05, 0.1) is 5.69 Å². The third-order valence-electron chi connectivity index (χ3n) is 3.40. The monoisotopic (exact) mass is 275 g/mol. The van der Waals surface area contributed by atoms with E-state index in [0.29, 0.717) is 0 Å². The third kappa shape index (κ3) is 3.67. The van der Waals surface area contributed by atoms with E-state index in [4.69, 9.17) is 0 Å². The molecule has 0 aliphatic heterocycles. The number of aryl methyl sites for hydroxylation is 2. The minimum atomic E-state index is -0.188. The third-order valence-corrected chi connectivity index (χ3v) is 3.40. The molecule has 0 aliphatic carbocycles. The number of aromatic nitrogens is 2. The van der Waals surface area contributed by atoms with Crippen molar-refractivity contribution in [3.63, 3.8) is 0 Å². The van der Waals surface area contributed by atoms with Crippen molar-refractivity contribution in [1.82, 2.24) is 15.1 Å². The molecule has 0 aliphatic rings. The molecule has 0 fully saturated rings. The van der Waals surface area contributed by atoms with Crippen molar-refractivity contribution in [2.45, 2.75) is 32.7 Å². The van der Waals surface area contributed by atoms with Gasteiger partial charge in [0, 0.05) is 25.2 Å². The standard InChI is InChI=1S/C16H22FN3/c1-4-8-18-16(13-6-5-7-14(17)10-13)11-15-9-12(2)19-20(15)3/h5-7,9-10,16,18H,4,8,11H2,1-3H3. The van der Waals surface area contributed by atoms with E-state index in [1.165, 1.54) is 6.07 Å². The molecule has 3 nitrogen and oxygen atoms in total. The van der Waals surface area contributed by atoms with Crippen molar-refractivity contribution in [2.24, 2.45) is 7.05 Å². The van der Waals surface area contributed by atoms with Gasteiger partial charge in [-0.25, -0.2) is 4.39 Å². The van der Waals surface area contributed by atoms with Gasteiger partial charge in [0.25, 0.3) is 0 Å². The summed E-state index contributed by atoms with van der Waals surface area (Å²) in [6.45, 7) is 5.03. The van der Waals surface area contributed by atoms with Gasteiger partial charge in [0.2, 0.25) is 0 Å². The van der Waals surface area contributed by atoms with Crippen LogP contribution in [0.5, 0.6) is 0 Å². The molecule has 20 heavy (non-hydrogen) atoms. The van der Waals surface area contributed by atoms with E-state index in [2.05, 4.69) is 23.4 Å². The Morgan fingerprint density at radius 2 is 2.15 bits per heavy atom. The second kappa shape index (κ2) is 6.66. The summed E-state index contributed by atoms with van der Waals surface area (Å²) < 4.78 is 15.3. The zero-order chi connectivity index (χ0) is 14.5. The van der Waals surface area contributed by atoms with E-state index >= 15 is 0 Å². The van der Waals surface area contributed by atoms with Gasteiger partial charge < -0.3 is 5.32 Å². The van der Waals surface area contributed by atoms with Gasteiger partial charge in [-0.05, 0) is 43.7 Å². The first-order valence-electron chi connectivity index (χ1n) is 7.08. The summed E-state index contributed by atoms with van der Waals surface area (Å²) in [6, 6.07) is 9.02. The van der Waals surface area contributed by atoms with Crippen LogP contribution in [0.4, 0.5) is 4.39 Å². The number of rotatable bonds is 6. The average Bonchev–Trinajstić information content (AvgIpc) is 2.72. The van der Waals surface area contributed by atoms with Crippen molar-refractivity contribution < 1.29 is 4.39 Å². The van der Waals surface area contributed by atoms with E-state index in [-0.39, 0.29) is 11.9 Å². The van der Waals surface area contributed by atoms with Gasteiger partial charge >= 0.3 is 0 Å². The maximum absolute atomic E-state index is 13.4. The van der Waals surface area contributed by atoms with E-state index < -0.39 is 0 Å². The van der Waals surface area contributed by atoms with E-state index in [0.717, 1.165) is 36.3 Å². The molecular formula is C16H22FN3. The first-order chi connectivity index (χ1) is 9.60. The number of hydrogen-bond donors (Lipinski definition) is 1. The highest BCUT2D eigenvalue weighted by molar-refractivity contribution is 5.22. The van der Waals surface area contributed by atoms with Gasteiger partial charge in [0.1, 0.15) is 5.82 Å². The van der Waals surface area contributed by atoms with Gasteiger partial charge in [-0.15, -0.1) is 0 Å². The molecule has 1 N–H and O–H groups in total. The quantitative estimate of drug-likeness (QED) is 0.877. The molecule has 0 radical (unpaired) electrons. The predicted molar refractivity (Wildman–Crippen MR) is 79.1 cm³/mol. The van der Waals surface area contributed by atoms with Crippen LogP contribution in [-0.2, 0) is 13.5 Å². The normalized spacial score (nSPS) is 12.6. The van der Waals surface area contributed by atoms with Crippen LogP contribution in [0.1, 0.15) is 36.3 Å². The average molecular weight is 275 g/mol. The molecule has 4 heteroatoms. The zero-order valence-electron chi connectivity index (χ0n) is 12.4. The Morgan fingerprint density at radius 3 is 2.75 bits per heavy atom. The summed E-state index contributed by atoms with van der Waals surface area (Å²) >= 11 is 0. The van der Waals surface area contributed by atoms with Crippen molar-refractivity contribution in [3.8, 4) is 0 Å². The Kier molecular flexibility index (Phi) is 4.90. The second-order valence-corrected chi connectivity index (χ2v) is 5.17.